The lowest BCUT2D eigenvalue weighted by Crippen LogP contribution is -2.35. The zero-order valence-electron chi connectivity index (χ0n) is 19.8. The van der Waals surface area contributed by atoms with E-state index in [2.05, 4.69) is 15.0 Å². The molecule has 3 aromatic carbocycles. The van der Waals surface area contributed by atoms with Crippen molar-refractivity contribution in [3.63, 3.8) is 0 Å². The summed E-state index contributed by atoms with van der Waals surface area (Å²) in [6.07, 6.45) is 1.98. The highest BCUT2D eigenvalue weighted by Gasteiger charge is 2.27. The summed E-state index contributed by atoms with van der Waals surface area (Å²) in [6.45, 7) is 0.783. The molecule has 0 bridgehead atoms. The number of nitrogens with one attached hydrogen (secondary N) is 1. The van der Waals surface area contributed by atoms with Crippen molar-refractivity contribution in [2.45, 2.75) is 13.1 Å². The predicted octanol–water partition coefficient (Wildman–Crippen LogP) is 5.00. The predicted molar refractivity (Wildman–Crippen MR) is 139 cm³/mol. The summed E-state index contributed by atoms with van der Waals surface area (Å²) in [7, 11) is 1.62. The first-order valence-electron chi connectivity index (χ1n) is 11.4. The molecule has 0 saturated heterocycles. The average molecular weight is 521 g/mol. The Morgan fingerprint density at radius 2 is 1.86 bits per heavy atom. The maximum atomic E-state index is 14.0. The number of hydrogen-bond donors (Lipinski definition) is 1. The molecule has 0 atom stereocenters. The van der Waals surface area contributed by atoms with E-state index in [4.69, 9.17) is 4.74 Å². The fraction of sp³-hybridized carbons (Fsp3) is 0.148. The minimum Gasteiger partial charge on any atom is -0.497 e. The van der Waals surface area contributed by atoms with Gasteiger partial charge in [0.25, 0.3) is 11.8 Å². The molecular formula is C27H22F2N4O3S. The molecule has 1 aromatic heterocycles. The number of carbonyl (C=O) groups is 2. The van der Waals surface area contributed by atoms with Crippen LogP contribution in [0.15, 0.2) is 78.0 Å². The van der Waals surface area contributed by atoms with Crippen molar-refractivity contribution in [1.82, 2.24) is 9.58 Å². The molecular weight excluding hydrogens is 498 g/mol. The molecule has 5 rings (SSSR count). The molecule has 4 aromatic rings. The fourth-order valence-corrected chi connectivity index (χ4v) is 4.82. The van der Waals surface area contributed by atoms with Crippen LogP contribution < -0.4 is 10.1 Å². The molecule has 10 heteroatoms. The first kappa shape index (κ1) is 24.5. The summed E-state index contributed by atoms with van der Waals surface area (Å²) >= 11 is 0.970. The summed E-state index contributed by atoms with van der Waals surface area (Å²) < 4.78 is 34.5. The number of methoxy groups -OCH3 is 1. The second kappa shape index (κ2) is 10.4. The van der Waals surface area contributed by atoms with Crippen LogP contribution in [-0.2, 0) is 22.7 Å². The summed E-state index contributed by atoms with van der Waals surface area (Å²) in [4.78, 5) is 25.4. The van der Waals surface area contributed by atoms with Crippen molar-refractivity contribution in [3.05, 3.63) is 95.7 Å². The third-order valence-corrected chi connectivity index (χ3v) is 6.84. The maximum absolute atomic E-state index is 14.0. The van der Waals surface area contributed by atoms with Gasteiger partial charge in [0.2, 0.25) is 0 Å². The van der Waals surface area contributed by atoms with Gasteiger partial charge in [-0.15, -0.1) is 0 Å². The molecule has 37 heavy (non-hydrogen) atoms. The molecule has 0 radical (unpaired) electrons. The van der Waals surface area contributed by atoms with Crippen LogP contribution in [0.25, 0.3) is 10.9 Å². The monoisotopic (exact) mass is 520 g/mol. The summed E-state index contributed by atoms with van der Waals surface area (Å²) in [6, 6.07) is 18.5. The van der Waals surface area contributed by atoms with Crippen molar-refractivity contribution >= 4 is 45.2 Å². The highest BCUT2D eigenvalue weighted by molar-refractivity contribution is 8.16. The highest BCUT2D eigenvalue weighted by Crippen LogP contribution is 2.26. The SMILES string of the molecule is COc1ccc(Cn2cc(CN3N=C(C(=O)Nc4ccc(F)cc4F)SCC3=O)c3ccccc32)cc1. The van der Waals surface area contributed by atoms with Gasteiger partial charge < -0.3 is 14.6 Å². The van der Waals surface area contributed by atoms with Gasteiger partial charge in [-0.3, -0.25) is 9.59 Å². The molecule has 1 aliphatic heterocycles. The van der Waals surface area contributed by atoms with Gasteiger partial charge in [-0.05, 0) is 41.5 Å². The van der Waals surface area contributed by atoms with E-state index in [1.54, 1.807) is 7.11 Å². The summed E-state index contributed by atoms with van der Waals surface area (Å²) in [5.41, 5.74) is 2.79. The number of hydrazone groups is 1. The van der Waals surface area contributed by atoms with Crippen LogP contribution in [0.1, 0.15) is 11.1 Å². The van der Waals surface area contributed by atoms with E-state index in [1.807, 2.05) is 54.7 Å². The lowest BCUT2D eigenvalue weighted by Gasteiger charge is -2.22. The molecule has 2 heterocycles. The molecule has 0 unspecified atom stereocenters. The van der Waals surface area contributed by atoms with E-state index in [1.165, 1.54) is 5.01 Å². The second-order valence-corrected chi connectivity index (χ2v) is 9.34. The average Bonchev–Trinajstić information content (AvgIpc) is 3.24. The van der Waals surface area contributed by atoms with Crippen LogP contribution in [0.3, 0.4) is 0 Å². The fourth-order valence-electron chi connectivity index (χ4n) is 4.07. The summed E-state index contributed by atoms with van der Waals surface area (Å²) in [5.74, 6) is -1.77. The lowest BCUT2D eigenvalue weighted by atomic mass is 10.1. The molecule has 0 spiro atoms. The van der Waals surface area contributed by atoms with Crippen LogP contribution in [-0.4, -0.2) is 39.3 Å². The quantitative estimate of drug-likeness (QED) is 0.372. The van der Waals surface area contributed by atoms with Crippen molar-refractivity contribution < 1.29 is 23.1 Å². The number of thioether (sulfide) groups is 1. The van der Waals surface area contributed by atoms with Crippen LogP contribution in [0.2, 0.25) is 0 Å². The normalized spacial score (nSPS) is 13.5. The number of carbonyl (C=O) groups excluding carboxylic acids is 2. The number of hydrogen-bond acceptors (Lipinski definition) is 5. The van der Waals surface area contributed by atoms with Crippen molar-refractivity contribution in [3.8, 4) is 5.75 Å². The Hall–Kier alpha value is -4.18. The van der Waals surface area contributed by atoms with E-state index in [0.29, 0.717) is 12.6 Å². The molecule has 7 nitrogen and oxygen atoms in total. The lowest BCUT2D eigenvalue weighted by molar-refractivity contribution is -0.129. The van der Waals surface area contributed by atoms with Crippen LogP contribution >= 0.6 is 11.8 Å². The molecule has 188 valence electrons. The highest BCUT2D eigenvalue weighted by atomic mass is 32.2. The Kier molecular flexibility index (Phi) is 6.91. The first-order valence-corrected chi connectivity index (χ1v) is 12.4. The van der Waals surface area contributed by atoms with Gasteiger partial charge in [0.1, 0.15) is 17.4 Å². The number of nitrogens with zero attached hydrogens (tertiary/aromatic N) is 3. The number of anilines is 1. The molecule has 1 N–H and O–H groups in total. The van der Waals surface area contributed by atoms with E-state index in [-0.39, 0.29) is 28.9 Å². The van der Waals surface area contributed by atoms with Crippen LogP contribution in [0, 0.1) is 11.6 Å². The number of ether oxygens (including phenoxy) is 1. The standard InChI is InChI=1S/C27H22F2N4O3S/c1-36-20-9-6-17(7-10-20)13-32-14-18(21-4-2-3-5-24(21)32)15-33-25(34)16-37-27(31-33)26(35)30-23-11-8-19(28)12-22(23)29/h2-12,14H,13,15-16H2,1H3,(H,30,35). The first-order chi connectivity index (χ1) is 17.9. The Balaban J connectivity index is 1.38. The molecule has 0 aliphatic carbocycles. The van der Waals surface area contributed by atoms with Crippen molar-refractivity contribution in [1.29, 1.82) is 0 Å². The third kappa shape index (κ3) is 5.34. The van der Waals surface area contributed by atoms with Crippen LogP contribution in [0.5, 0.6) is 5.75 Å². The van der Waals surface area contributed by atoms with Gasteiger partial charge >= 0.3 is 0 Å². The number of fused-ring (bicyclic) bond motifs is 1. The van der Waals surface area contributed by atoms with Crippen molar-refractivity contribution in [2.24, 2.45) is 5.10 Å². The Morgan fingerprint density at radius 3 is 2.62 bits per heavy atom. The van der Waals surface area contributed by atoms with Gasteiger partial charge in [-0.2, -0.15) is 5.10 Å². The maximum Gasteiger partial charge on any atom is 0.282 e. The Bertz CT molecular complexity index is 1520. The number of benzene rings is 3. The number of amides is 2. The number of para-hydroxylation sites is 1. The van der Waals surface area contributed by atoms with E-state index in [9.17, 15) is 18.4 Å². The minimum atomic E-state index is -0.896. The topological polar surface area (TPSA) is 75.9 Å². The molecule has 0 saturated carbocycles. The zero-order chi connectivity index (χ0) is 25.9. The number of halogens is 2. The Labute approximate surface area is 215 Å². The van der Waals surface area contributed by atoms with Gasteiger partial charge in [0, 0.05) is 29.7 Å². The van der Waals surface area contributed by atoms with Gasteiger partial charge in [-0.1, -0.05) is 42.1 Å². The van der Waals surface area contributed by atoms with Crippen LogP contribution in [0.4, 0.5) is 14.5 Å². The van der Waals surface area contributed by atoms with Gasteiger partial charge in [0.05, 0.1) is 25.1 Å². The van der Waals surface area contributed by atoms with E-state index >= 15 is 0 Å². The minimum absolute atomic E-state index is 0.0165. The van der Waals surface area contributed by atoms with E-state index < -0.39 is 17.5 Å². The van der Waals surface area contributed by atoms with E-state index in [0.717, 1.165) is 51.7 Å². The third-order valence-electron chi connectivity index (χ3n) is 5.91. The van der Waals surface area contributed by atoms with Gasteiger partial charge in [-0.25, -0.2) is 13.8 Å². The molecule has 1 aliphatic rings. The summed E-state index contributed by atoms with van der Waals surface area (Å²) in [5, 5.41) is 8.89. The molecule has 2 amide bonds. The second-order valence-electron chi connectivity index (χ2n) is 8.37. The Morgan fingerprint density at radius 1 is 1.08 bits per heavy atom. The van der Waals surface area contributed by atoms with Crippen molar-refractivity contribution in [2.75, 3.05) is 18.2 Å². The smallest absolute Gasteiger partial charge is 0.282 e. The largest absolute Gasteiger partial charge is 0.497 e. The number of aromatic nitrogens is 1. The number of rotatable bonds is 7. The van der Waals surface area contributed by atoms with Gasteiger partial charge in [0.15, 0.2) is 5.04 Å². The zero-order valence-corrected chi connectivity index (χ0v) is 20.6. The molecule has 0 fully saturated rings.